The first kappa shape index (κ1) is 14.8. The number of rotatable bonds is 7. The van der Waals surface area contributed by atoms with Crippen molar-refractivity contribution < 1.29 is 19.0 Å². The molecule has 1 aliphatic rings. The number of nitrogens with one attached hydrogen (secondary N) is 1. The second kappa shape index (κ2) is 7.87. The van der Waals surface area contributed by atoms with Gasteiger partial charge in [0.25, 0.3) is 0 Å². The van der Waals surface area contributed by atoms with Gasteiger partial charge in [0.1, 0.15) is 5.75 Å². The van der Waals surface area contributed by atoms with Crippen LogP contribution >= 0.6 is 0 Å². The van der Waals surface area contributed by atoms with Gasteiger partial charge in [-0.25, -0.2) is 0 Å². The monoisotopic (exact) mass is 279 g/mol. The van der Waals surface area contributed by atoms with E-state index in [0.29, 0.717) is 19.6 Å². The molecular weight excluding hydrogens is 258 g/mol. The molecule has 1 fully saturated rings. The lowest BCUT2D eigenvalue weighted by molar-refractivity contribution is -0.117. The van der Waals surface area contributed by atoms with E-state index in [0.717, 1.165) is 30.9 Å². The summed E-state index contributed by atoms with van der Waals surface area (Å²) in [5, 5.41) is 2.82. The van der Waals surface area contributed by atoms with Crippen molar-refractivity contribution in [2.75, 3.05) is 32.2 Å². The van der Waals surface area contributed by atoms with Gasteiger partial charge in [0.05, 0.1) is 32.8 Å². The average Bonchev–Trinajstić information content (AvgIpc) is 2.98. The topological polar surface area (TPSA) is 56.8 Å². The fraction of sp³-hybridized carbons (Fsp3) is 0.533. The highest BCUT2D eigenvalue weighted by molar-refractivity contribution is 5.90. The van der Waals surface area contributed by atoms with Crippen LogP contribution in [0.1, 0.15) is 19.3 Å². The van der Waals surface area contributed by atoms with Gasteiger partial charge in [0.15, 0.2) is 0 Å². The van der Waals surface area contributed by atoms with Crippen molar-refractivity contribution in [2.24, 2.45) is 0 Å². The molecule has 0 aliphatic carbocycles. The van der Waals surface area contributed by atoms with Gasteiger partial charge in [-0.15, -0.1) is 0 Å². The van der Waals surface area contributed by atoms with Crippen molar-refractivity contribution in [3.05, 3.63) is 24.3 Å². The zero-order valence-electron chi connectivity index (χ0n) is 11.8. The molecule has 1 aliphatic heterocycles. The molecule has 1 atom stereocenters. The Morgan fingerprint density at radius 1 is 1.40 bits per heavy atom. The number of hydrogen-bond donors (Lipinski definition) is 1. The molecule has 0 saturated carbocycles. The van der Waals surface area contributed by atoms with Crippen LogP contribution in [0.2, 0.25) is 0 Å². The summed E-state index contributed by atoms with van der Waals surface area (Å²) in [6.45, 7) is 1.82. The van der Waals surface area contributed by atoms with E-state index >= 15 is 0 Å². The van der Waals surface area contributed by atoms with Gasteiger partial charge in [0, 0.05) is 12.3 Å². The van der Waals surface area contributed by atoms with E-state index in [1.54, 1.807) is 7.11 Å². The van der Waals surface area contributed by atoms with Gasteiger partial charge in [-0.2, -0.15) is 0 Å². The normalized spacial score (nSPS) is 17.9. The highest BCUT2D eigenvalue weighted by atomic mass is 16.5. The maximum Gasteiger partial charge on any atom is 0.226 e. The molecule has 0 bridgehead atoms. The minimum atomic E-state index is -0.0532. The molecule has 1 N–H and O–H groups in total. The summed E-state index contributed by atoms with van der Waals surface area (Å²) in [6.07, 6.45) is 2.71. The van der Waals surface area contributed by atoms with Crippen LogP contribution in [0, 0.1) is 0 Å². The molecule has 5 nitrogen and oxygen atoms in total. The van der Waals surface area contributed by atoms with Gasteiger partial charge < -0.3 is 19.5 Å². The minimum Gasteiger partial charge on any atom is -0.497 e. The molecule has 2 rings (SSSR count). The summed E-state index contributed by atoms with van der Waals surface area (Å²) in [7, 11) is 1.61. The molecule has 1 amide bonds. The molecule has 0 spiro atoms. The Kier molecular flexibility index (Phi) is 5.83. The summed E-state index contributed by atoms with van der Waals surface area (Å²) < 4.78 is 16.0. The standard InChI is InChI=1S/C15H21NO4/c1-18-13-6-4-12(5-7-13)16-15(17)8-10-19-11-14-3-2-9-20-14/h4-7,14H,2-3,8-11H2,1H3,(H,16,17). The highest BCUT2D eigenvalue weighted by Gasteiger charge is 2.15. The molecule has 1 saturated heterocycles. The number of hydrogen-bond acceptors (Lipinski definition) is 4. The number of ether oxygens (including phenoxy) is 3. The van der Waals surface area contributed by atoms with E-state index < -0.39 is 0 Å². The first-order chi connectivity index (χ1) is 9.78. The zero-order chi connectivity index (χ0) is 14.2. The Morgan fingerprint density at radius 2 is 2.20 bits per heavy atom. The summed E-state index contributed by atoms with van der Waals surface area (Å²) >= 11 is 0. The molecule has 0 aromatic heterocycles. The van der Waals surface area contributed by atoms with Crippen LogP contribution < -0.4 is 10.1 Å². The Balaban J connectivity index is 1.61. The molecule has 1 aromatic carbocycles. The van der Waals surface area contributed by atoms with Gasteiger partial charge in [0.2, 0.25) is 5.91 Å². The maximum absolute atomic E-state index is 11.7. The van der Waals surface area contributed by atoms with Crippen LogP contribution in [0.15, 0.2) is 24.3 Å². The number of carbonyl (C=O) groups excluding carboxylic acids is 1. The van der Waals surface area contributed by atoms with E-state index in [-0.39, 0.29) is 12.0 Å². The van der Waals surface area contributed by atoms with Crippen LogP contribution in [0.3, 0.4) is 0 Å². The van der Waals surface area contributed by atoms with E-state index in [9.17, 15) is 4.79 Å². The molecule has 20 heavy (non-hydrogen) atoms. The molecule has 110 valence electrons. The quantitative estimate of drug-likeness (QED) is 0.778. The first-order valence-corrected chi connectivity index (χ1v) is 6.91. The lowest BCUT2D eigenvalue weighted by Gasteiger charge is -2.10. The third-order valence-electron chi connectivity index (χ3n) is 3.17. The van der Waals surface area contributed by atoms with Crippen molar-refractivity contribution in [3.8, 4) is 5.75 Å². The predicted octanol–water partition coefficient (Wildman–Crippen LogP) is 2.22. The summed E-state index contributed by atoms with van der Waals surface area (Å²) in [5.41, 5.74) is 0.759. The summed E-state index contributed by atoms with van der Waals surface area (Å²) in [5.74, 6) is 0.713. The Bertz CT molecular complexity index is 412. The highest BCUT2D eigenvalue weighted by Crippen LogP contribution is 2.15. The van der Waals surface area contributed by atoms with Crippen LogP contribution in [-0.4, -0.2) is 38.9 Å². The third kappa shape index (κ3) is 4.83. The molecule has 0 radical (unpaired) electrons. The van der Waals surface area contributed by atoms with Gasteiger partial charge in [-0.3, -0.25) is 4.79 Å². The number of methoxy groups -OCH3 is 1. The van der Waals surface area contributed by atoms with Crippen molar-refractivity contribution in [2.45, 2.75) is 25.4 Å². The van der Waals surface area contributed by atoms with E-state index in [1.807, 2.05) is 24.3 Å². The minimum absolute atomic E-state index is 0.0532. The summed E-state index contributed by atoms with van der Waals surface area (Å²) in [4.78, 5) is 11.7. The zero-order valence-corrected chi connectivity index (χ0v) is 11.8. The van der Waals surface area contributed by atoms with Gasteiger partial charge in [-0.05, 0) is 37.1 Å². The Morgan fingerprint density at radius 3 is 2.85 bits per heavy atom. The fourth-order valence-corrected chi connectivity index (χ4v) is 2.05. The van der Waals surface area contributed by atoms with Crippen molar-refractivity contribution >= 4 is 11.6 Å². The largest absolute Gasteiger partial charge is 0.497 e. The van der Waals surface area contributed by atoms with Crippen LogP contribution in [0.5, 0.6) is 5.75 Å². The molecular formula is C15H21NO4. The maximum atomic E-state index is 11.7. The summed E-state index contributed by atoms with van der Waals surface area (Å²) in [6, 6.07) is 7.24. The molecule has 1 aromatic rings. The Hall–Kier alpha value is -1.59. The number of amides is 1. The number of anilines is 1. The number of benzene rings is 1. The van der Waals surface area contributed by atoms with Crippen LogP contribution in [0.25, 0.3) is 0 Å². The smallest absolute Gasteiger partial charge is 0.226 e. The average molecular weight is 279 g/mol. The van der Waals surface area contributed by atoms with Crippen molar-refractivity contribution in [1.82, 2.24) is 0 Å². The van der Waals surface area contributed by atoms with E-state index in [4.69, 9.17) is 14.2 Å². The van der Waals surface area contributed by atoms with Crippen molar-refractivity contribution in [3.63, 3.8) is 0 Å². The lowest BCUT2D eigenvalue weighted by Crippen LogP contribution is -2.18. The van der Waals surface area contributed by atoms with Gasteiger partial charge in [-0.1, -0.05) is 0 Å². The van der Waals surface area contributed by atoms with Gasteiger partial charge >= 0.3 is 0 Å². The lowest BCUT2D eigenvalue weighted by atomic mass is 10.2. The second-order valence-corrected chi connectivity index (χ2v) is 4.74. The molecule has 1 heterocycles. The molecule has 5 heteroatoms. The molecule has 1 unspecified atom stereocenters. The fourth-order valence-electron chi connectivity index (χ4n) is 2.05. The van der Waals surface area contributed by atoms with Crippen LogP contribution in [-0.2, 0) is 14.3 Å². The Labute approximate surface area is 119 Å². The second-order valence-electron chi connectivity index (χ2n) is 4.74. The van der Waals surface area contributed by atoms with E-state index in [2.05, 4.69) is 5.32 Å². The number of carbonyl (C=O) groups is 1. The first-order valence-electron chi connectivity index (χ1n) is 6.91. The SMILES string of the molecule is COc1ccc(NC(=O)CCOCC2CCCO2)cc1. The third-order valence-corrected chi connectivity index (χ3v) is 3.17. The van der Waals surface area contributed by atoms with E-state index in [1.165, 1.54) is 0 Å². The van der Waals surface area contributed by atoms with Crippen LogP contribution in [0.4, 0.5) is 5.69 Å². The predicted molar refractivity (Wildman–Crippen MR) is 76.0 cm³/mol. The van der Waals surface area contributed by atoms with Crippen molar-refractivity contribution in [1.29, 1.82) is 0 Å².